The van der Waals surface area contributed by atoms with Crippen LogP contribution in [0.25, 0.3) is 0 Å². The first-order valence-electron chi connectivity index (χ1n) is 6.72. The van der Waals surface area contributed by atoms with Gasteiger partial charge in [-0.1, -0.05) is 38.4 Å². The van der Waals surface area contributed by atoms with Gasteiger partial charge in [-0.2, -0.15) is 0 Å². The molecule has 0 bridgehead atoms. The van der Waals surface area contributed by atoms with Crippen LogP contribution in [0.15, 0.2) is 0 Å². The average Bonchev–Trinajstić information content (AvgIpc) is 2.57. The van der Waals surface area contributed by atoms with E-state index >= 15 is 0 Å². The lowest BCUT2D eigenvalue weighted by molar-refractivity contribution is -0.146. The molecule has 0 aliphatic carbocycles. The molecule has 18 heteroatoms. The van der Waals surface area contributed by atoms with Gasteiger partial charge in [0.15, 0.2) is 12.3 Å². The van der Waals surface area contributed by atoms with Gasteiger partial charge in [0.1, 0.15) is 0 Å². The van der Waals surface area contributed by atoms with Crippen molar-refractivity contribution < 1.29 is 24.0 Å². The first-order chi connectivity index (χ1) is 12.4. The summed E-state index contributed by atoms with van der Waals surface area (Å²) in [6.45, 7) is -0.254. The molecule has 0 aromatic heterocycles. The van der Waals surface area contributed by atoms with E-state index in [9.17, 15) is 24.0 Å². The van der Waals surface area contributed by atoms with E-state index in [0.29, 0.717) is 13.8 Å². The summed E-state index contributed by atoms with van der Waals surface area (Å²) in [5.74, 6) is -2.88. The van der Waals surface area contributed by atoms with Crippen molar-refractivity contribution in [2.75, 3.05) is 13.6 Å². The molecule has 0 radical (unpaired) electrons. The van der Waals surface area contributed by atoms with E-state index in [-0.39, 0.29) is 13.0 Å². The molecule has 15 nitrogen and oxygen atoms in total. The molecule has 6 amide bonds. The summed E-state index contributed by atoms with van der Waals surface area (Å²) in [4.78, 5) is 57.4. The van der Waals surface area contributed by atoms with Crippen molar-refractivity contribution in [3.05, 3.63) is 0 Å². The van der Waals surface area contributed by atoms with Gasteiger partial charge in [-0.25, -0.2) is 24.3 Å². The van der Waals surface area contributed by atoms with Crippen LogP contribution in [-0.2, 0) is 19.2 Å². The number of carbonyl (C=O) groups excluding carboxylic acids is 5. The quantitative estimate of drug-likeness (QED) is 0.0684. The Morgan fingerprint density at radius 2 is 1.48 bits per heavy atom. The molecule has 2 atom stereocenters. The number of nitrogens with one attached hydrogen (secondary N) is 3. The summed E-state index contributed by atoms with van der Waals surface area (Å²) in [5, 5.41) is 0.416. The summed E-state index contributed by atoms with van der Waals surface area (Å²) in [5.41, 5.74) is 21.9. The Hall–Kier alpha value is -1.96. The molecule has 9 N–H and O–H groups in total. The minimum Gasteiger partial charge on any atom is -0.351 e. The molecule has 0 spiro atoms. The summed E-state index contributed by atoms with van der Waals surface area (Å²) >= 11 is 11.1. The maximum Gasteiger partial charge on any atom is 0.326 e. The van der Waals surface area contributed by atoms with Crippen LogP contribution in [0.2, 0.25) is 0 Å². The Kier molecular flexibility index (Phi) is 10.8. The van der Waals surface area contributed by atoms with Crippen LogP contribution in [-0.4, -0.2) is 74.2 Å². The van der Waals surface area contributed by atoms with E-state index in [0.717, 1.165) is 0 Å². The standard InChI is InChI=1S/C9H20N10O5S3/c1-16(25)2-4(21)13-19(14-7(22)5(10)17(26)3-20)15-8(23)6(11)18(27)9(12)24/h3,5-6,25-27H,2,10-11H2,1H3,(H2,12,24)(H,13,21)(H,14,22)(H,15,23). The van der Waals surface area contributed by atoms with Gasteiger partial charge >= 0.3 is 6.03 Å². The van der Waals surface area contributed by atoms with Crippen LogP contribution >= 0.6 is 38.4 Å². The number of rotatable bonds is 10. The number of likely N-dealkylation sites (N-methyl/N-ethyl adjacent to an activating group) is 1. The Balaban J connectivity index is 5.20. The fourth-order valence-electron chi connectivity index (χ4n) is 1.24. The van der Waals surface area contributed by atoms with Crippen molar-refractivity contribution in [2.24, 2.45) is 17.2 Å². The van der Waals surface area contributed by atoms with Gasteiger partial charge in [-0.05, 0) is 12.3 Å². The second-order valence-corrected chi connectivity index (χ2v) is 6.27. The lowest BCUT2D eigenvalue weighted by Crippen LogP contribution is -2.67. The highest BCUT2D eigenvalue weighted by Gasteiger charge is 2.27. The number of carbonyl (C=O) groups is 5. The van der Waals surface area contributed by atoms with Gasteiger partial charge in [0.05, 0.1) is 6.54 Å². The highest BCUT2D eigenvalue weighted by Crippen LogP contribution is 1.98. The molecule has 0 aliphatic heterocycles. The first-order valence-corrected chi connectivity index (χ1v) is 7.92. The van der Waals surface area contributed by atoms with Crippen LogP contribution < -0.4 is 33.5 Å². The second-order valence-electron chi connectivity index (χ2n) is 4.70. The third-order valence-electron chi connectivity index (χ3n) is 2.47. The molecule has 2 unspecified atom stereocenters. The number of hydrogen-bond acceptors (Lipinski definition) is 12. The summed E-state index contributed by atoms with van der Waals surface area (Å²) in [7, 11) is 1.46. The lowest BCUT2D eigenvalue weighted by atomic mass is 10.5. The van der Waals surface area contributed by atoms with Crippen LogP contribution in [0.5, 0.6) is 0 Å². The topological polar surface area (TPSA) is 212 Å². The fraction of sp³-hybridized carbons (Fsp3) is 0.444. The maximum atomic E-state index is 12.0. The largest absolute Gasteiger partial charge is 0.351 e. The monoisotopic (exact) mass is 444 g/mol. The van der Waals surface area contributed by atoms with Crippen LogP contribution in [0, 0.1) is 0 Å². The van der Waals surface area contributed by atoms with Crippen LogP contribution in [0.1, 0.15) is 0 Å². The minimum absolute atomic E-state index is 0.159. The molecular weight excluding hydrogens is 424 g/mol. The van der Waals surface area contributed by atoms with Gasteiger partial charge in [0, 0.05) is 0 Å². The predicted octanol–water partition coefficient (Wildman–Crippen LogP) is -4.74. The Bertz CT molecular complexity index is 581. The van der Waals surface area contributed by atoms with Crippen molar-refractivity contribution in [1.82, 2.24) is 34.4 Å². The zero-order chi connectivity index (χ0) is 21.3. The Labute approximate surface area is 170 Å². The molecule has 0 aromatic rings. The fourth-order valence-corrected chi connectivity index (χ4v) is 1.58. The molecule has 0 heterocycles. The number of hydrogen-bond donors (Lipinski definition) is 9. The smallest absolute Gasteiger partial charge is 0.326 e. The zero-order valence-electron chi connectivity index (χ0n) is 13.8. The molecule has 0 saturated heterocycles. The van der Waals surface area contributed by atoms with Crippen molar-refractivity contribution in [2.45, 2.75) is 12.3 Å². The van der Waals surface area contributed by atoms with E-state index < -0.39 is 36.1 Å². The Morgan fingerprint density at radius 3 is 1.89 bits per heavy atom. The van der Waals surface area contributed by atoms with Gasteiger partial charge in [-0.15, -0.1) is 0 Å². The number of nitrogens with two attached hydrogens (primary N) is 3. The van der Waals surface area contributed by atoms with Crippen molar-refractivity contribution in [3.8, 4) is 0 Å². The minimum atomic E-state index is -1.68. The number of urea groups is 1. The van der Waals surface area contributed by atoms with E-state index in [4.69, 9.17) is 17.2 Å². The van der Waals surface area contributed by atoms with Crippen molar-refractivity contribution in [1.29, 1.82) is 0 Å². The molecule has 0 rings (SSSR count). The highest BCUT2D eigenvalue weighted by atomic mass is 32.1. The molecule has 27 heavy (non-hydrogen) atoms. The molecule has 0 aliphatic rings. The van der Waals surface area contributed by atoms with E-state index in [1.807, 2.05) is 10.9 Å². The van der Waals surface area contributed by atoms with E-state index in [1.54, 1.807) is 0 Å². The van der Waals surface area contributed by atoms with Gasteiger partial charge in [0.25, 0.3) is 17.7 Å². The van der Waals surface area contributed by atoms with E-state index in [2.05, 4.69) is 43.9 Å². The number of hydrazine groups is 3. The summed E-state index contributed by atoms with van der Waals surface area (Å²) < 4.78 is 2.11. The molecule has 154 valence electrons. The number of amides is 6. The average molecular weight is 445 g/mol. The third-order valence-corrected chi connectivity index (χ3v) is 3.40. The lowest BCUT2D eigenvalue weighted by Gasteiger charge is -2.28. The van der Waals surface area contributed by atoms with Crippen molar-refractivity contribution >= 4 is 68.6 Å². The number of nitrogens with zero attached hydrogens (tertiary/aromatic N) is 4. The van der Waals surface area contributed by atoms with Crippen LogP contribution in [0.4, 0.5) is 4.79 Å². The molecule has 0 saturated carbocycles. The summed E-state index contributed by atoms with van der Waals surface area (Å²) in [6, 6.07) is -1.13. The highest BCUT2D eigenvalue weighted by molar-refractivity contribution is 7.78. The van der Waals surface area contributed by atoms with E-state index in [1.165, 1.54) is 11.4 Å². The second kappa shape index (κ2) is 11.7. The van der Waals surface area contributed by atoms with Crippen molar-refractivity contribution in [3.63, 3.8) is 0 Å². The molecule has 0 fully saturated rings. The molecular formula is C9H20N10O5S3. The number of thiol groups is 3. The van der Waals surface area contributed by atoms with Gasteiger partial charge < -0.3 is 17.2 Å². The zero-order valence-corrected chi connectivity index (χ0v) is 16.5. The summed E-state index contributed by atoms with van der Waals surface area (Å²) in [6.07, 6.45) is -3.10. The maximum absolute atomic E-state index is 12.0. The molecule has 0 aromatic carbocycles. The van der Waals surface area contributed by atoms with Gasteiger partial charge in [-0.3, -0.25) is 28.9 Å². The third kappa shape index (κ3) is 8.99. The van der Waals surface area contributed by atoms with Gasteiger partial charge in [0.2, 0.25) is 6.41 Å². The van der Waals surface area contributed by atoms with Crippen LogP contribution in [0.3, 0.4) is 0 Å². The Morgan fingerprint density at radius 1 is 1.00 bits per heavy atom. The SMILES string of the molecule is CN(S)CC(=O)NN(NC(=O)C(N)N(S)C=O)NC(=O)C(N)N(S)C(N)=O. The first kappa shape index (κ1) is 25.0. The number of primary amides is 1. The predicted molar refractivity (Wildman–Crippen MR) is 101 cm³/mol. The normalized spacial score (nSPS) is 12.7.